The highest BCUT2D eigenvalue weighted by atomic mass is 16.5. The summed E-state index contributed by atoms with van der Waals surface area (Å²) in [5, 5.41) is 6.83. The van der Waals surface area contributed by atoms with Gasteiger partial charge in [-0.05, 0) is 56.8 Å². The van der Waals surface area contributed by atoms with Crippen LogP contribution in [0.4, 0.5) is 0 Å². The molecule has 0 bridgehead atoms. The molecule has 0 amide bonds. The van der Waals surface area contributed by atoms with E-state index < -0.39 is 0 Å². The molecule has 1 saturated carbocycles. The van der Waals surface area contributed by atoms with E-state index in [2.05, 4.69) is 48.6 Å². The van der Waals surface area contributed by atoms with Crippen molar-refractivity contribution in [2.75, 3.05) is 40.0 Å². The molecule has 2 aliphatic rings. The normalized spacial score (nSPS) is 22.9. The van der Waals surface area contributed by atoms with E-state index in [4.69, 9.17) is 14.5 Å². The van der Waals surface area contributed by atoms with Crippen molar-refractivity contribution < 1.29 is 9.47 Å². The molecule has 1 aliphatic heterocycles. The fraction of sp³-hybridized carbons (Fsp3) is 0.682. The number of guanidine groups is 1. The number of nitrogens with one attached hydrogen (secondary N) is 2. The minimum atomic E-state index is 0.570. The fourth-order valence-electron chi connectivity index (χ4n) is 3.54. The van der Waals surface area contributed by atoms with Gasteiger partial charge in [-0.2, -0.15) is 0 Å². The van der Waals surface area contributed by atoms with Gasteiger partial charge in [0.05, 0.1) is 6.54 Å². The minimum Gasteiger partial charge on any atom is -0.492 e. The monoisotopic (exact) mass is 388 g/mol. The van der Waals surface area contributed by atoms with Crippen LogP contribution in [0.15, 0.2) is 29.3 Å². The zero-order valence-corrected chi connectivity index (χ0v) is 17.6. The number of likely N-dealkylation sites (N-methyl/N-ethyl adjacent to an activating group) is 1. The van der Waals surface area contributed by atoms with Crippen LogP contribution in [0, 0.1) is 5.92 Å². The number of aliphatic imine (C=N–C) groups is 1. The minimum absolute atomic E-state index is 0.570. The molecular weight excluding hydrogens is 352 g/mol. The molecule has 0 spiro atoms. The molecule has 1 aromatic carbocycles. The lowest BCUT2D eigenvalue weighted by Gasteiger charge is -2.31. The molecule has 1 saturated heterocycles. The molecule has 2 unspecified atom stereocenters. The maximum Gasteiger partial charge on any atom is 0.191 e. The van der Waals surface area contributed by atoms with Crippen LogP contribution in [0.5, 0.6) is 5.75 Å². The molecule has 3 rings (SSSR count). The van der Waals surface area contributed by atoms with Crippen molar-refractivity contribution in [1.82, 2.24) is 15.5 Å². The molecule has 2 atom stereocenters. The first-order chi connectivity index (χ1) is 13.7. The summed E-state index contributed by atoms with van der Waals surface area (Å²) < 4.78 is 11.4. The van der Waals surface area contributed by atoms with Gasteiger partial charge in [0.1, 0.15) is 12.4 Å². The highest BCUT2D eigenvalue weighted by Gasteiger charge is 2.33. The van der Waals surface area contributed by atoms with E-state index in [1.54, 1.807) is 0 Å². The Kier molecular flexibility index (Phi) is 7.98. The van der Waals surface area contributed by atoms with Crippen LogP contribution in [0.3, 0.4) is 0 Å². The molecule has 0 aromatic heterocycles. The molecule has 0 radical (unpaired) electrons. The van der Waals surface area contributed by atoms with Crippen LogP contribution >= 0.6 is 0 Å². The van der Waals surface area contributed by atoms with E-state index in [-0.39, 0.29) is 0 Å². The second-order valence-electron chi connectivity index (χ2n) is 7.98. The lowest BCUT2D eigenvalue weighted by molar-refractivity contribution is 0.0392. The first-order valence-electron chi connectivity index (χ1n) is 10.7. The van der Waals surface area contributed by atoms with Crippen molar-refractivity contribution in [2.45, 2.75) is 51.7 Å². The van der Waals surface area contributed by atoms with Gasteiger partial charge in [0.25, 0.3) is 0 Å². The molecule has 156 valence electrons. The summed E-state index contributed by atoms with van der Waals surface area (Å²) in [5.74, 6) is 2.57. The van der Waals surface area contributed by atoms with Crippen molar-refractivity contribution in [2.24, 2.45) is 10.9 Å². The maximum absolute atomic E-state index is 6.00. The summed E-state index contributed by atoms with van der Waals surface area (Å²) in [6, 6.07) is 9.46. The van der Waals surface area contributed by atoms with Crippen LogP contribution in [0.1, 0.15) is 38.7 Å². The topological polar surface area (TPSA) is 58.1 Å². The third-order valence-corrected chi connectivity index (χ3v) is 5.62. The van der Waals surface area contributed by atoms with Crippen molar-refractivity contribution in [1.29, 1.82) is 0 Å². The highest BCUT2D eigenvalue weighted by Crippen LogP contribution is 2.28. The van der Waals surface area contributed by atoms with Crippen molar-refractivity contribution in [3.05, 3.63) is 29.8 Å². The average Bonchev–Trinajstić information content (AvgIpc) is 3.41. The zero-order valence-electron chi connectivity index (χ0n) is 17.6. The number of hydrogen-bond donors (Lipinski definition) is 2. The number of benzene rings is 1. The highest BCUT2D eigenvalue weighted by molar-refractivity contribution is 5.80. The average molecular weight is 389 g/mol. The largest absolute Gasteiger partial charge is 0.492 e. The van der Waals surface area contributed by atoms with E-state index in [0.717, 1.165) is 62.3 Å². The Bertz CT molecular complexity index is 631. The number of nitrogens with zero attached hydrogens (tertiary/aromatic N) is 2. The number of ether oxygens (including phenoxy) is 2. The lowest BCUT2D eigenvalue weighted by atomic mass is 10.1. The molecule has 6 heteroatoms. The predicted molar refractivity (Wildman–Crippen MR) is 114 cm³/mol. The van der Waals surface area contributed by atoms with E-state index in [0.29, 0.717) is 25.2 Å². The van der Waals surface area contributed by atoms with Crippen molar-refractivity contribution in [3.8, 4) is 5.75 Å². The summed E-state index contributed by atoms with van der Waals surface area (Å²) in [4.78, 5) is 7.12. The Morgan fingerprint density at radius 1 is 1.32 bits per heavy atom. The number of rotatable bonds is 9. The molecule has 6 nitrogen and oxygen atoms in total. The Labute approximate surface area is 169 Å². The molecule has 28 heavy (non-hydrogen) atoms. The Balaban J connectivity index is 1.45. The standard InChI is InChI=1S/C22H36N4O2/c1-4-23-22(25-21-14-17(21)2)24-16-18-6-5-7-20(15-18)28-13-10-26(3)19-8-11-27-12-9-19/h5-7,15,17,19,21H,4,8-14,16H2,1-3H3,(H2,23,24,25). The predicted octanol–water partition coefficient (Wildman–Crippen LogP) is 2.64. The van der Waals surface area contributed by atoms with E-state index in [9.17, 15) is 0 Å². The second kappa shape index (κ2) is 10.7. The first kappa shape index (κ1) is 20.9. The van der Waals surface area contributed by atoms with Gasteiger partial charge < -0.3 is 20.1 Å². The third kappa shape index (κ3) is 6.67. The van der Waals surface area contributed by atoms with Crippen LogP contribution < -0.4 is 15.4 Å². The van der Waals surface area contributed by atoms with E-state index in [1.807, 2.05) is 12.1 Å². The third-order valence-electron chi connectivity index (χ3n) is 5.62. The Morgan fingerprint density at radius 3 is 2.82 bits per heavy atom. The summed E-state index contributed by atoms with van der Waals surface area (Å²) in [5.41, 5.74) is 1.16. The maximum atomic E-state index is 6.00. The number of hydrogen-bond acceptors (Lipinski definition) is 4. The van der Waals surface area contributed by atoms with E-state index in [1.165, 1.54) is 6.42 Å². The molecular formula is C22H36N4O2. The fourth-order valence-corrected chi connectivity index (χ4v) is 3.54. The van der Waals surface area contributed by atoms with Gasteiger partial charge in [-0.15, -0.1) is 0 Å². The Morgan fingerprint density at radius 2 is 2.11 bits per heavy atom. The van der Waals surface area contributed by atoms with Gasteiger partial charge in [0, 0.05) is 38.4 Å². The smallest absolute Gasteiger partial charge is 0.191 e. The van der Waals surface area contributed by atoms with Gasteiger partial charge >= 0.3 is 0 Å². The van der Waals surface area contributed by atoms with Crippen LogP contribution in [-0.4, -0.2) is 62.9 Å². The molecule has 1 aliphatic carbocycles. The van der Waals surface area contributed by atoms with Crippen molar-refractivity contribution >= 4 is 5.96 Å². The quantitative estimate of drug-likeness (QED) is 0.503. The molecule has 2 N–H and O–H groups in total. The summed E-state index contributed by atoms with van der Waals surface area (Å²) in [6.45, 7) is 9.27. The van der Waals surface area contributed by atoms with Crippen LogP contribution in [0.25, 0.3) is 0 Å². The molecule has 2 fully saturated rings. The summed E-state index contributed by atoms with van der Waals surface area (Å²) in [7, 11) is 2.18. The van der Waals surface area contributed by atoms with E-state index >= 15 is 0 Å². The van der Waals surface area contributed by atoms with Crippen LogP contribution in [0.2, 0.25) is 0 Å². The zero-order chi connectivity index (χ0) is 19.8. The van der Waals surface area contributed by atoms with Crippen LogP contribution in [-0.2, 0) is 11.3 Å². The van der Waals surface area contributed by atoms with Gasteiger partial charge in [-0.1, -0.05) is 19.1 Å². The van der Waals surface area contributed by atoms with Gasteiger partial charge in [-0.3, -0.25) is 4.90 Å². The van der Waals surface area contributed by atoms with Gasteiger partial charge in [0.15, 0.2) is 5.96 Å². The summed E-state index contributed by atoms with van der Waals surface area (Å²) >= 11 is 0. The molecule has 1 heterocycles. The SMILES string of the molecule is CCNC(=NCc1cccc(OCCN(C)C2CCOCC2)c1)NC1CC1C. The lowest BCUT2D eigenvalue weighted by Crippen LogP contribution is -2.39. The van der Waals surface area contributed by atoms with Gasteiger partial charge in [-0.25, -0.2) is 4.99 Å². The molecule has 1 aromatic rings. The van der Waals surface area contributed by atoms with Gasteiger partial charge in [0.2, 0.25) is 0 Å². The summed E-state index contributed by atoms with van der Waals surface area (Å²) in [6.07, 6.45) is 3.47. The first-order valence-corrected chi connectivity index (χ1v) is 10.7. The van der Waals surface area contributed by atoms with Crippen molar-refractivity contribution in [3.63, 3.8) is 0 Å². The second-order valence-corrected chi connectivity index (χ2v) is 7.98. The Hall–Kier alpha value is -1.79.